The molecule has 0 aliphatic rings. The minimum Gasteiger partial charge on any atom is -0.479 e. The molecule has 9 heteroatoms. The van der Waals surface area contributed by atoms with Gasteiger partial charge in [0.1, 0.15) is 12.2 Å². The topological polar surface area (TPSA) is 156 Å². The van der Waals surface area contributed by atoms with Crippen LogP contribution >= 0.6 is 0 Å². The van der Waals surface area contributed by atoms with Gasteiger partial charge in [0.25, 0.3) is 0 Å². The van der Waals surface area contributed by atoms with Crippen LogP contribution in [0, 0.1) is 0 Å². The Labute approximate surface area is 93.7 Å². The summed E-state index contributed by atoms with van der Waals surface area (Å²) in [4.78, 5) is 20.2. The summed E-state index contributed by atoms with van der Waals surface area (Å²) < 4.78 is 0. The third kappa shape index (κ3) is 4.54. The maximum Gasteiger partial charge on any atom is 0.335 e. The van der Waals surface area contributed by atoms with Gasteiger partial charge in [0.05, 0.1) is 0 Å². The van der Waals surface area contributed by atoms with Crippen LogP contribution in [0.25, 0.3) is 0 Å². The van der Waals surface area contributed by atoms with Crippen LogP contribution in [0.2, 0.25) is 0 Å². The molecule has 0 aromatic rings. The largest absolute Gasteiger partial charge is 0.479 e. The summed E-state index contributed by atoms with van der Waals surface area (Å²) in [5.41, 5.74) is 0. The minimum absolute atomic E-state index is 0. The van der Waals surface area contributed by atoms with E-state index in [2.05, 4.69) is 0 Å². The normalized spacial score (nSPS) is 18.1. The van der Waals surface area contributed by atoms with E-state index >= 15 is 0 Å². The van der Waals surface area contributed by atoms with E-state index in [1.165, 1.54) is 0 Å². The number of hydrogen-bond acceptors (Lipinski definition) is 6. The molecule has 0 aromatic carbocycles. The van der Waals surface area contributed by atoms with Gasteiger partial charge in [0.2, 0.25) is 0 Å². The van der Waals surface area contributed by atoms with Crippen molar-refractivity contribution in [1.29, 1.82) is 0 Å². The molecule has 6 N–H and O–H groups in total. The van der Waals surface area contributed by atoms with Crippen LogP contribution in [0.1, 0.15) is 0 Å². The quantitative estimate of drug-likeness (QED) is 0.282. The molecule has 0 radical (unpaired) electrons. The van der Waals surface area contributed by atoms with Crippen LogP contribution in [0.4, 0.5) is 0 Å². The fraction of sp³-hybridized carbons (Fsp3) is 0.667. The van der Waals surface area contributed by atoms with Gasteiger partial charge in [-0.1, -0.05) is 0 Å². The van der Waals surface area contributed by atoms with Crippen LogP contribution in [-0.4, -0.2) is 67.0 Å². The zero-order valence-electron chi connectivity index (χ0n) is 7.13. The number of carboxylic acids is 2. The number of aliphatic hydroxyl groups excluding tert-OH is 4. The van der Waals surface area contributed by atoms with E-state index in [-0.39, 0.29) is 16.5 Å². The predicted octanol–water partition coefficient (Wildman–Crippen LogP) is -3.40. The maximum absolute atomic E-state index is 10.1. The molecule has 0 bridgehead atoms. The fourth-order valence-corrected chi connectivity index (χ4v) is 0.666. The summed E-state index contributed by atoms with van der Waals surface area (Å²) in [5, 5.41) is 51.5. The Balaban J connectivity index is 0. The summed E-state index contributed by atoms with van der Waals surface area (Å²) in [5.74, 6) is -3.68. The summed E-state index contributed by atoms with van der Waals surface area (Å²) >= 11 is 0. The molecule has 92 valence electrons. The van der Waals surface area contributed by atoms with Crippen molar-refractivity contribution in [3.63, 3.8) is 0 Å². The Morgan fingerprint density at radius 2 is 0.933 bits per heavy atom. The van der Waals surface area contributed by atoms with E-state index in [1.54, 1.807) is 0 Å². The molecule has 15 heavy (non-hydrogen) atoms. The van der Waals surface area contributed by atoms with Crippen molar-refractivity contribution in [2.45, 2.75) is 24.4 Å². The molecule has 0 amide bonds. The van der Waals surface area contributed by atoms with E-state index in [4.69, 9.17) is 30.6 Å². The summed E-state index contributed by atoms with van der Waals surface area (Å²) in [6.07, 6.45) is -9.28. The number of carboxylic acid groups (broad SMARTS) is 2. The zero-order chi connectivity index (χ0) is 11.5. The molecular formula is C6H10NiO8. The summed E-state index contributed by atoms with van der Waals surface area (Å²) in [7, 11) is 0. The molecule has 0 aromatic heterocycles. The fourth-order valence-electron chi connectivity index (χ4n) is 0.666. The number of carbonyl (C=O) groups is 2. The zero-order valence-corrected chi connectivity index (χ0v) is 8.11. The SMILES string of the molecule is O=C(O)[C@@H](O)[C@H](O)[C@@H](O)[C@@H](O)C(=O)O.[Ni]. The second-order valence-electron chi connectivity index (χ2n) is 2.55. The Morgan fingerprint density at radius 1 is 0.733 bits per heavy atom. The van der Waals surface area contributed by atoms with Crippen molar-refractivity contribution in [1.82, 2.24) is 0 Å². The first kappa shape index (κ1) is 16.7. The molecule has 0 unspecified atom stereocenters. The first-order valence-corrected chi connectivity index (χ1v) is 3.47. The Morgan fingerprint density at radius 3 is 1.07 bits per heavy atom. The average molecular weight is 269 g/mol. The van der Waals surface area contributed by atoms with Crippen LogP contribution in [0.5, 0.6) is 0 Å². The molecular weight excluding hydrogens is 259 g/mol. The maximum atomic E-state index is 10.1. The molecule has 8 nitrogen and oxygen atoms in total. The third-order valence-electron chi connectivity index (χ3n) is 1.50. The molecule has 0 rings (SSSR count). The van der Waals surface area contributed by atoms with E-state index < -0.39 is 36.4 Å². The van der Waals surface area contributed by atoms with Gasteiger partial charge >= 0.3 is 11.9 Å². The van der Waals surface area contributed by atoms with E-state index in [9.17, 15) is 9.59 Å². The third-order valence-corrected chi connectivity index (χ3v) is 1.50. The smallest absolute Gasteiger partial charge is 0.335 e. The van der Waals surface area contributed by atoms with Crippen molar-refractivity contribution >= 4 is 11.9 Å². The number of hydrogen-bond donors (Lipinski definition) is 6. The van der Waals surface area contributed by atoms with Crippen molar-refractivity contribution in [3.05, 3.63) is 0 Å². The van der Waals surface area contributed by atoms with Crippen LogP contribution < -0.4 is 0 Å². The van der Waals surface area contributed by atoms with Crippen LogP contribution in [-0.2, 0) is 26.1 Å². The summed E-state index contributed by atoms with van der Waals surface area (Å²) in [6.45, 7) is 0. The summed E-state index contributed by atoms with van der Waals surface area (Å²) in [6, 6.07) is 0. The van der Waals surface area contributed by atoms with Gasteiger partial charge in [0, 0.05) is 16.5 Å². The molecule has 0 aliphatic heterocycles. The van der Waals surface area contributed by atoms with Gasteiger partial charge in [-0.25, -0.2) is 9.59 Å². The van der Waals surface area contributed by atoms with Crippen molar-refractivity contribution in [3.8, 4) is 0 Å². The monoisotopic (exact) mass is 268 g/mol. The molecule has 0 heterocycles. The van der Waals surface area contributed by atoms with Crippen molar-refractivity contribution < 1.29 is 56.7 Å². The second-order valence-corrected chi connectivity index (χ2v) is 2.55. The van der Waals surface area contributed by atoms with E-state index in [1.807, 2.05) is 0 Å². The Kier molecular flexibility index (Phi) is 7.46. The first-order valence-electron chi connectivity index (χ1n) is 3.47. The molecule has 4 atom stereocenters. The van der Waals surface area contributed by atoms with Gasteiger partial charge in [-0.3, -0.25) is 0 Å². The average Bonchev–Trinajstić information content (AvgIpc) is 2.12. The van der Waals surface area contributed by atoms with Crippen molar-refractivity contribution in [2.24, 2.45) is 0 Å². The minimum atomic E-state index is -2.36. The van der Waals surface area contributed by atoms with Gasteiger partial charge in [-0.05, 0) is 0 Å². The van der Waals surface area contributed by atoms with Gasteiger partial charge < -0.3 is 30.6 Å². The van der Waals surface area contributed by atoms with Gasteiger partial charge in [0.15, 0.2) is 12.2 Å². The molecule has 0 spiro atoms. The number of aliphatic carboxylic acids is 2. The number of aliphatic hydroxyl groups is 4. The molecule has 0 saturated carbocycles. The van der Waals surface area contributed by atoms with Gasteiger partial charge in [-0.2, -0.15) is 0 Å². The van der Waals surface area contributed by atoms with Crippen LogP contribution in [0.3, 0.4) is 0 Å². The van der Waals surface area contributed by atoms with Gasteiger partial charge in [-0.15, -0.1) is 0 Å². The second kappa shape index (κ2) is 6.70. The molecule has 0 fully saturated rings. The van der Waals surface area contributed by atoms with E-state index in [0.29, 0.717) is 0 Å². The Hall–Kier alpha value is -0.726. The Bertz CT molecular complexity index is 207. The number of rotatable bonds is 5. The molecule has 0 saturated heterocycles. The first-order chi connectivity index (χ1) is 6.29. The standard InChI is InChI=1S/C6H10O8.Ni/c7-1(3(9)5(11)12)2(8)4(10)6(13)14;/h1-4,7-10H,(H,11,12)(H,13,14);/t1-,2-,3-,4+;/m1./s1. The predicted molar refractivity (Wildman–Crippen MR) is 39.3 cm³/mol. The van der Waals surface area contributed by atoms with E-state index in [0.717, 1.165) is 0 Å². The van der Waals surface area contributed by atoms with Crippen LogP contribution in [0.15, 0.2) is 0 Å². The molecule has 0 aliphatic carbocycles. The van der Waals surface area contributed by atoms with Crippen molar-refractivity contribution in [2.75, 3.05) is 0 Å².